The summed E-state index contributed by atoms with van der Waals surface area (Å²) in [5, 5.41) is 10.5. The van der Waals surface area contributed by atoms with Gasteiger partial charge in [-0.2, -0.15) is 0 Å². The molecule has 0 aliphatic carbocycles. The molecular weight excluding hydrogens is 258 g/mol. The van der Waals surface area contributed by atoms with Crippen LogP contribution in [0.2, 0.25) is 0 Å². The molecule has 2 rings (SSSR count). The fourth-order valence-electron chi connectivity index (χ4n) is 1.82. The number of nitro groups is 1. The molecule has 98 valence electrons. The Morgan fingerprint density at radius 2 is 1.84 bits per heavy atom. The first-order valence-corrected chi connectivity index (χ1v) is 6.91. The summed E-state index contributed by atoms with van der Waals surface area (Å²) in [7, 11) is 0. The van der Waals surface area contributed by atoms with E-state index in [0.29, 0.717) is 6.42 Å². The van der Waals surface area contributed by atoms with Crippen molar-refractivity contribution in [3.63, 3.8) is 0 Å². The first-order valence-electron chi connectivity index (χ1n) is 6.09. The molecule has 0 heterocycles. The van der Waals surface area contributed by atoms with Crippen molar-refractivity contribution in [1.29, 1.82) is 0 Å². The molecule has 0 saturated heterocycles. The first kappa shape index (κ1) is 13.6. The molecular formula is C15H15NO2S. The quantitative estimate of drug-likeness (QED) is 0.611. The Bertz CT molecular complexity index is 570. The van der Waals surface area contributed by atoms with Crippen LogP contribution in [0, 0.1) is 17.0 Å². The maximum atomic E-state index is 10.5. The van der Waals surface area contributed by atoms with Crippen molar-refractivity contribution in [1.82, 2.24) is 0 Å². The molecule has 0 saturated carbocycles. The van der Waals surface area contributed by atoms with E-state index in [4.69, 9.17) is 0 Å². The van der Waals surface area contributed by atoms with Gasteiger partial charge in [-0.25, -0.2) is 0 Å². The van der Waals surface area contributed by atoms with Crippen molar-refractivity contribution in [3.8, 4) is 0 Å². The fourth-order valence-corrected chi connectivity index (χ4v) is 2.72. The summed E-state index contributed by atoms with van der Waals surface area (Å²) in [6, 6.07) is 16.2. The third-order valence-corrected chi connectivity index (χ3v) is 3.86. The van der Waals surface area contributed by atoms with Gasteiger partial charge in [-0.05, 0) is 42.3 Å². The zero-order valence-electron chi connectivity index (χ0n) is 10.7. The summed E-state index contributed by atoms with van der Waals surface area (Å²) in [6.45, 7) is 1.98. The zero-order valence-corrected chi connectivity index (χ0v) is 11.5. The number of hydrogen-bond acceptors (Lipinski definition) is 3. The minimum absolute atomic E-state index is 0.0136. The molecule has 0 spiro atoms. The predicted molar refractivity (Wildman–Crippen MR) is 77.3 cm³/mol. The van der Waals surface area contributed by atoms with Crippen LogP contribution in [0.3, 0.4) is 0 Å². The number of aryl methyl sites for hydroxylation is 1. The second-order valence-electron chi connectivity index (χ2n) is 4.31. The van der Waals surface area contributed by atoms with Gasteiger partial charge >= 0.3 is 0 Å². The summed E-state index contributed by atoms with van der Waals surface area (Å²) in [6.07, 6.45) is 0.488. The summed E-state index contributed by atoms with van der Waals surface area (Å²) >= 11 is 1.67. The molecule has 0 atom stereocenters. The average Bonchev–Trinajstić information content (AvgIpc) is 2.40. The van der Waals surface area contributed by atoms with E-state index in [1.807, 2.05) is 31.2 Å². The van der Waals surface area contributed by atoms with Gasteiger partial charge in [-0.3, -0.25) is 10.1 Å². The van der Waals surface area contributed by atoms with Gasteiger partial charge in [-0.15, -0.1) is 0 Å². The standard InChI is InChI=1S/C15H15NO2S/c1-12-7-8-15(11-13(12)9-10-16(17)18)19-14-5-3-2-4-6-14/h2-8,11H,9-10H2,1H3. The third-order valence-electron chi connectivity index (χ3n) is 2.86. The molecule has 0 aliphatic rings. The van der Waals surface area contributed by atoms with E-state index in [0.717, 1.165) is 16.0 Å². The van der Waals surface area contributed by atoms with Crippen molar-refractivity contribution in [2.24, 2.45) is 0 Å². The molecule has 19 heavy (non-hydrogen) atoms. The first-order chi connectivity index (χ1) is 9.15. The molecule has 0 fully saturated rings. The Labute approximate surface area is 116 Å². The molecule has 0 N–H and O–H groups in total. The highest BCUT2D eigenvalue weighted by atomic mass is 32.2. The predicted octanol–water partition coefficient (Wildman–Crippen LogP) is 3.97. The van der Waals surface area contributed by atoms with E-state index in [-0.39, 0.29) is 11.5 Å². The molecule has 0 aliphatic heterocycles. The summed E-state index contributed by atoms with van der Waals surface area (Å²) in [5.41, 5.74) is 2.16. The van der Waals surface area contributed by atoms with Gasteiger partial charge in [0, 0.05) is 21.1 Å². The number of benzene rings is 2. The molecule has 3 nitrogen and oxygen atoms in total. The lowest BCUT2D eigenvalue weighted by atomic mass is 10.1. The molecule has 4 heteroatoms. The van der Waals surface area contributed by atoms with Crippen LogP contribution in [0.1, 0.15) is 11.1 Å². The SMILES string of the molecule is Cc1ccc(Sc2ccccc2)cc1CC[N+](=O)[O-]. The summed E-state index contributed by atoms with van der Waals surface area (Å²) in [5.74, 6) is 0. The van der Waals surface area contributed by atoms with E-state index in [1.54, 1.807) is 11.8 Å². The lowest BCUT2D eigenvalue weighted by molar-refractivity contribution is -0.479. The zero-order chi connectivity index (χ0) is 13.7. The van der Waals surface area contributed by atoms with E-state index >= 15 is 0 Å². The highest BCUT2D eigenvalue weighted by Gasteiger charge is 2.05. The largest absolute Gasteiger partial charge is 0.265 e. The molecule has 0 unspecified atom stereocenters. The van der Waals surface area contributed by atoms with Crippen LogP contribution in [0.15, 0.2) is 58.3 Å². The third kappa shape index (κ3) is 4.10. The Balaban J connectivity index is 2.14. The smallest absolute Gasteiger partial charge is 0.207 e. The number of nitrogens with zero attached hydrogens (tertiary/aromatic N) is 1. The second kappa shape index (κ2) is 6.38. The van der Waals surface area contributed by atoms with Crippen molar-refractivity contribution < 1.29 is 4.92 Å². The monoisotopic (exact) mass is 273 g/mol. The highest BCUT2D eigenvalue weighted by Crippen LogP contribution is 2.28. The molecule has 0 aromatic heterocycles. The molecule has 2 aromatic rings. The topological polar surface area (TPSA) is 43.1 Å². The van der Waals surface area contributed by atoms with Crippen LogP contribution < -0.4 is 0 Å². The van der Waals surface area contributed by atoms with E-state index in [2.05, 4.69) is 24.3 Å². The van der Waals surface area contributed by atoms with E-state index in [9.17, 15) is 10.1 Å². The Morgan fingerprint density at radius 1 is 1.11 bits per heavy atom. The van der Waals surface area contributed by atoms with Gasteiger partial charge in [0.1, 0.15) is 0 Å². The Kier molecular flexibility index (Phi) is 4.58. The normalized spacial score (nSPS) is 10.4. The minimum Gasteiger partial charge on any atom is -0.265 e. The van der Waals surface area contributed by atoms with Gasteiger partial charge in [0.15, 0.2) is 0 Å². The fraction of sp³-hybridized carbons (Fsp3) is 0.200. The Hall–Kier alpha value is -1.81. The minimum atomic E-state index is -0.267. The highest BCUT2D eigenvalue weighted by molar-refractivity contribution is 7.99. The van der Waals surface area contributed by atoms with Gasteiger partial charge in [-0.1, -0.05) is 36.0 Å². The van der Waals surface area contributed by atoms with Gasteiger partial charge in [0.05, 0.1) is 0 Å². The summed E-state index contributed by atoms with van der Waals surface area (Å²) < 4.78 is 0. The van der Waals surface area contributed by atoms with Crippen LogP contribution in [-0.2, 0) is 6.42 Å². The van der Waals surface area contributed by atoms with Gasteiger partial charge < -0.3 is 0 Å². The van der Waals surface area contributed by atoms with E-state index in [1.165, 1.54) is 4.90 Å². The summed E-state index contributed by atoms with van der Waals surface area (Å²) in [4.78, 5) is 12.5. The van der Waals surface area contributed by atoms with Gasteiger partial charge in [0.2, 0.25) is 6.54 Å². The van der Waals surface area contributed by atoms with E-state index < -0.39 is 0 Å². The molecule has 0 radical (unpaired) electrons. The Morgan fingerprint density at radius 3 is 2.53 bits per heavy atom. The van der Waals surface area contributed by atoms with Gasteiger partial charge in [0.25, 0.3) is 0 Å². The maximum absolute atomic E-state index is 10.5. The second-order valence-corrected chi connectivity index (χ2v) is 5.46. The van der Waals surface area contributed by atoms with Crippen LogP contribution in [0.4, 0.5) is 0 Å². The number of hydrogen-bond donors (Lipinski definition) is 0. The van der Waals surface area contributed by atoms with Crippen molar-refractivity contribution in [3.05, 3.63) is 69.8 Å². The van der Waals surface area contributed by atoms with Crippen LogP contribution in [-0.4, -0.2) is 11.5 Å². The lowest BCUT2D eigenvalue weighted by Gasteiger charge is -2.07. The number of rotatable bonds is 5. The van der Waals surface area contributed by atoms with Crippen LogP contribution in [0.25, 0.3) is 0 Å². The van der Waals surface area contributed by atoms with Crippen molar-refractivity contribution >= 4 is 11.8 Å². The van der Waals surface area contributed by atoms with Crippen molar-refractivity contribution in [2.45, 2.75) is 23.1 Å². The molecule has 2 aromatic carbocycles. The average molecular weight is 273 g/mol. The lowest BCUT2D eigenvalue weighted by Crippen LogP contribution is -2.05. The van der Waals surface area contributed by atoms with Crippen molar-refractivity contribution in [2.75, 3.05) is 6.54 Å². The van der Waals surface area contributed by atoms with Crippen LogP contribution in [0.5, 0.6) is 0 Å². The molecule has 0 bridgehead atoms. The van der Waals surface area contributed by atoms with Crippen LogP contribution >= 0.6 is 11.8 Å². The maximum Gasteiger partial charge on any atom is 0.207 e. The molecule has 0 amide bonds.